The van der Waals surface area contributed by atoms with Crippen LogP contribution in [0, 0.1) is 5.41 Å². The minimum absolute atomic E-state index is 0.471. The quantitative estimate of drug-likeness (QED) is 0.745. The fourth-order valence-corrected chi connectivity index (χ4v) is 2.64. The lowest BCUT2D eigenvalue weighted by Gasteiger charge is -1.96. The highest BCUT2D eigenvalue weighted by Gasteiger charge is 2.48. The Labute approximate surface area is 78.3 Å². The van der Waals surface area contributed by atoms with E-state index in [-0.39, 0.29) is 0 Å². The van der Waals surface area contributed by atoms with Crippen LogP contribution >= 0.6 is 27.5 Å². The lowest BCUT2D eigenvalue weighted by Crippen LogP contribution is -1.88. The van der Waals surface area contributed by atoms with Crippen LogP contribution in [0.2, 0.25) is 0 Å². The zero-order valence-corrected chi connectivity index (χ0v) is 8.87. The minimum atomic E-state index is 0.471. The molecule has 0 bridgehead atoms. The third kappa shape index (κ3) is 1.34. The molecule has 11 heavy (non-hydrogen) atoms. The second kappa shape index (κ2) is 2.26. The first-order valence-electron chi connectivity index (χ1n) is 3.59. The van der Waals surface area contributed by atoms with Crippen LogP contribution in [0.5, 0.6) is 0 Å². The second-order valence-corrected chi connectivity index (χ2v) is 5.14. The molecule has 60 valence electrons. The van der Waals surface area contributed by atoms with E-state index in [9.17, 15) is 0 Å². The molecule has 0 N–H and O–H groups in total. The normalized spacial score (nSPS) is 27.0. The maximum absolute atomic E-state index is 4.29. The summed E-state index contributed by atoms with van der Waals surface area (Å²) in [5.41, 5.74) is 0.471. The molecule has 1 aliphatic carbocycles. The van der Waals surface area contributed by atoms with E-state index >= 15 is 0 Å². The molecule has 1 fully saturated rings. The van der Waals surface area contributed by atoms with E-state index in [2.05, 4.69) is 39.1 Å². The van der Waals surface area contributed by atoms with Gasteiger partial charge in [-0.15, -0.1) is 0 Å². The van der Waals surface area contributed by atoms with Crippen molar-refractivity contribution < 1.29 is 0 Å². The largest absolute Gasteiger partial charge is 0.214 e. The van der Waals surface area contributed by atoms with Crippen LogP contribution in [0.25, 0.3) is 0 Å². The van der Waals surface area contributed by atoms with E-state index in [1.165, 1.54) is 23.0 Å². The summed E-state index contributed by atoms with van der Waals surface area (Å²) >= 11 is 4.77. The molecular formula is C7H9BrN2S. The van der Waals surface area contributed by atoms with Crippen molar-refractivity contribution in [2.24, 2.45) is 5.41 Å². The smallest absolute Gasteiger partial charge is 0.209 e. The second-order valence-electron chi connectivity index (χ2n) is 3.65. The summed E-state index contributed by atoms with van der Waals surface area (Å²) in [7, 11) is 0. The molecule has 2 nitrogen and oxygen atoms in total. The number of nitrogens with zero attached hydrogens (tertiary/aromatic N) is 2. The van der Waals surface area contributed by atoms with Crippen molar-refractivity contribution in [3.63, 3.8) is 0 Å². The third-order valence-corrected chi connectivity index (χ3v) is 3.64. The van der Waals surface area contributed by atoms with Crippen LogP contribution in [0.3, 0.4) is 0 Å². The zero-order valence-electron chi connectivity index (χ0n) is 6.47. The van der Waals surface area contributed by atoms with Crippen LogP contribution in [-0.4, -0.2) is 9.36 Å². The molecule has 2 rings (SSSR count). The van der Waals surface area contributed by atoms with E-state index in [1.807, 2.05) is 0 Å². The molecule has 0 saturated heterocycles. The average molecular weight is 233 g/mol. The molecule has 1 aromatic heterocycles. The Morgan fingerprint density at radius 3 is 2.64 bits per heavy atom. The molecule has 0 radical (unpaired) electrons. The van der Waals surface area contributed by atoms with Gasteiger partial charge in [0.05, 0.1) is 0 Å². The van der Waals surface area contributed by atoms with E-state index < -0.39 is 0 Å². The van der Waals surface area contributed by atoms with Crippen LogP contribution in [0.15, 0.2) is 4.73 Å². The van der Waals surface area contributed by atoms with Gasteiger partial charge in [-0.05, 0) is 39.3 Å². The monoisotopic (exact) mass is 232 g/mol. The summed E-state index contributed by atoms with van der Waals surface area (Å²) in [5, 5.41) is 1.18. The van der Waals surface area contributed by atoms with Crippen molar-refractivity contribution in [3.05, 3.63) is 9.74 Å². The van der Waals surface area contributed by atoms with Gasteiger partial charge in [0.15, 0.2) is 0 Å². The highest BCUT2D eigenvalue weighted by molar-refractivity contribution is 9.10. The maximum Gasteiger partial charge on any atom is 0.209 e. The van der Waals surface area contributed by atoms with Crippen LogP contribution in [0.1, 0.15) is 31.2 Å². The molecule has 1 unspecified atom stereocenters. The maximum atomic E-state index is 4.29. The summed E-state index contributed by atoms with van der Waals surface area (Å²) in [4.78, 5) is 4.29. The number of hydrogen-bond donors (Lipinski definition) is 0. The molecule has 1 saturated carbocycles. The van der Waals surface area contributed by atoms with Gasteiger partial charge in [0.25, 0.3) is 0 Å². The van der Waals surface area contributed by atoms with E-state index in [0.717, 1.165) is 4.73 Å². The third-order valence-electron chi connectivity index (χ3n) is 2.23. The molecule has 1 aliphatic rings. The Hall–Kier alpha value is 0.0400. The average Bonchev–Trinajstić information content (AvgIpc) is 2.39. The standard InChI is InChI=1S/C7H9BrN2S/c1-7(2)3-4(7)5-9-6(8)10-11-5/h4H,3H2,1-2H3. The summed E-state index contributed by atoms with van der Waals surface area (Å²) < 4.78 is 4.83. The van der Waals surface area contributed by atoms with E-state index in [4.69, 9.17) is 0 Å². The minimum Gasteiger partial charge on any atom is -0.214 e. The summed E-state index contributed by atoms with van der Waals surface area (Å²) in [6.07, 6.45) is 1.26. The fourth-order valence-electron chi connectivity index (χ4n) is 1.25. The van der Waals surface area contributed by atoms with Gasteiger partial charge in [-0.1, -0.05) is 13.8 Å². The van der Waals surface area contributed by atoms with Crippen molar-refractivity contribution in [1.82, 2.24) is 9.36 Å². The molecule has 1 aromatic rings. The predicted molar refractivity (Wildman–Crippen MR) is 48.7 cm³/mol. The van der Waals surface area contributed by atoms with Gasteiger partial charge in [0.2, 0.25) is 4.73 Å². The van der Waals surface area contributed by atoms with Gasteiger partial charge in [0, 0.05) is 5.92 Å². The molecule has 0 aliphatic heterocycles. The highest BCUT2D eigenvalue weighted by atomic mass is 79.9. The lowest BCUT2D eigenvalue weighted by molar-refractivity contribution is 0.620. The van der Waals surface area contributed by atoms with Gasteiger partial charge >= 0.3 is 0 Å². The lowest BCUT2D eigenvalue weighted by atomic mass is 10.1. The first-order valence-corrected chi connectivity index (χ1v) is 5.15. The van der Waals surface area contributed by atoms with E-state index in [1.54, 1.807) is 0 Å². The van der Waals surface area contributed by atoms with Gasteiger partial charge in [0.1, 0.15) is 5.01 Å². The molecule has 0 aromatic carbocycles. The van der Waals surface area contributed by atoms with Gasteiger partial charge in [-0.25, -0.2) is 4.98 Å². The topological polar surface area (TPSA) is 25.8 Å². The van der Waals surface area contributed by atoms with Crippen LogP contribution in [0.4, 0.5) is 0 Å². The highest BCUT2D eigenvalue weighted by Crippen LogP contribution is 2.58. The molecule has 0 spiro atoms. The van der Waals surface area contributed by atoms with Crippen molar-refractivity contribution in [1.29, 1.82) is 0 Å². The Balaban J connectivity index is 2.20. The Morgan fingerprint density at radius 1 is 1.64 bits per heavy atom. The number of rotatable bonds is 1. The molecule has 0 amide bonds. The van der Waals surface area contributed by atoms with Crippen LogP contribution in [-0.2, 0) is 0 Å². The number of hydrogen-bond acceptors (Lipinski definition) is 3. The van der Waals surface area contributed by atoms with Crippen LogP contribution < -0.4 is 0 Å². The Kier molecular flexibility index (Phi) is 1.58. The predicted octanol–water partition coefficient (Wildman–Crippen LogP) is 2.81. The van der Waals surface area contributed by atoms with Gasteiger partial charge < -0.3 is 0 Å². The molecule has 4 heteroatoms. The molecular weight excluding hydrogens is 224 g/mol. The number of halogens is 1. The fraction of sp³-hybridized carbons (Fsp3) is 0.714. The van der Waals surface area contributed by atoms with Crippen molar-refractivity contribution in [2.45, 2.75) is 26.2 Å². The first kappa shape index (κ1) is 7.68. The van der Waals surface area contributed by atoms with Crippen molar-refractivity contribution in [2.75, 3.05) is 0 Å². The summed E-state index contributed by atoms with van der Waals surface area (Å²) in [6.45, 7) is 4.54. The zero-order chi connectivity index (χ0) is 8.06. The van der Waals surface area contributed by atoms with E-state index in [0.29, 0.717) is 11.3 Å². The molecule has 1 atom stereocenters. The summed E-state index contributed by atoms with van der Waals surface area (Å²) in [6, 6.07) is 0. The first-order chi connectivity index (χ1) is 5.09. The Bertz CT molecular complexity index is 282. The van der Waals surface area contributed by atoms with Crippen molar-refractivity contribution in [3.8, 4) is 0 Å². The van der Waals surface area contributed by atoms with Gasteiger partial charge in [-0.2, -0.15) is 4.37 Å². The summed E-state index contributed by atoms with van der Waals surface area (Å²) in [5.74, 6) is 0.659. The Morgan fingerprint density at radius 2 is 2.27 bits per heavy atom. The molecule has 1 heterocycles. The van der Waals surface area contributed by atoms with Crippen molar-refractivity contribution >= 4 is 27.5 Å². The SMILES string of the molecule is CC1(C)CC1c1nc(Br)ns1. The van der Waals surface area contributed by atoms with Gasteiger partial charge in [-0.3, -0.25) is 0 Å². The number of aromatic nitrogens is 2.